The first-order chi connectivity index (χ1) is 12.0. The van der Waals surface area contributed by atoms with Gasteiger partial charge in [-0.3, -0.25) is 9.59 Å². The lowest BCUT2D eigenvalue weighted by Gasteiger charge is -2.08. The van der Waals surface area contributed by atoms with Crippen LogP contribution < -0.4 is 10.6 Å². The molecule has 2 aromatic carbocycles. The van der Waals surface area contributed by atoms with Gasteiger partial charge in [0.1, 0.15) is 17.2 Å². The van der Waals surface area contributed by atoms with Gasteiger partial charge in [0.2, 0.25) is 11.7 Å². The number of nitrogens with one attached hydrogen (secondary N) is 2. The molecule has 3 rings (SSSR count). The van der Waals surface area contributed by atoms with E-state index in [1.165, 1.54) is 0 Å². The summed E-state index contributed by atoms with van der Waals surface area (Å²) in [6, 6.07) is 12.7. The second kappa shape index (κ2) is 6.99. The average Bonchev–Trinajstić information content (AvgIpc) is 2.97. The van der Waals surface area contributed by atoms with Crippen molar-refractivity contribution in [3.05, 3.63) is 59.4 Å². The Kier molecular flexibility index (Phi) is 4.76. The molecule has 5 nitrogen and oxygen atoms in total. The van der Waals surface area contributed by atoms with Crippen molar-refractivity contribution in [2.24, 2.45) is 0 Å². The van der Waals surface area contributed by atoms with Crippen LogP contribution in [0.2, 0.25) is 0 Å². The average molecular weight is 357 g/mol. The lowest BCUT2D eigenvalue weighted by molar-refractivity contribution is -0.113. The van der Waals surface area contributed by atoms with E-state index in [1.807, 2.05) is 32.0 Å². The Labute approximate surface area is 150 Å². The molecule has 0 aliphatic heterocycles. The number of alkyl halides is 1. The number of furan rings is 1. The first-order valence-corrected chi connectivity index (χ1v) is 8.29. The van der Waals surface area contributed by atoms with Crippen molar-refractivity contribution >= 4 is 45.8 Å². The fourth-order valence-corrected chi connectivity index (χ4v) is 2.58. The fourth-order valence-electron chi connectivity index (χ4n) is 2.51. The summed E-state index contributed by atoms with van der Waals surface area (Å²) in [5.41, 5.74) is 3.69. The Morgan fingerprint density at radius 3 is 2.52 bits per heavy atom. The van der Waals surface area contributed by atoms with Gasteiger partial charge in [-0.1, -0.05) is 18.2 Å². The normalized spacial score (nSPS) is 10.7. The van der Waals surface area contributed by atoms with Gasteiger partial charge in [0.15, 0.2) is 0 Å². The molecule has 25 heavy (non-hydrogen) atoms. The van der Waals surface area contributed by atoms with Gasteiger partial charge in [-0.2, -0.15) is 0 Å². The molecule has 0 aliphatic rings. The van der Waals surface area contributed by atoms with Crippen LogP contribution in [0.5, 0.6) is 0 Å². The first kappa shape index (κ1) is 17.0. The molecule has 0 unspecified atom stereocenters. The van der Waals surface area contributed by atoms with Crippen LogP contribution in [0.15, 0.2) is 46.9 Å². The summed E-state index contributed by atoms with van der Waals surface area (Å²) in [6.45, 7) is 3.97. The van der Waals surface area contributed by atoms with E-state index in [4.69, 9.17) is 16.0 Å². The Balaban J connectivity index is 1.98. The number of benzene rings is 2. The van der Waals surface area contributed by atoms with Crippen LogP contribution in [-0.2, 0) is 4.79 Å². The second-order valence-corrected chi connectivity index (χ2v) is 6.00. The molecule has 3 aromatic rings. The van der Waals surface area contributed by atoms with Crippen molar-refractivity contribution in [3.8, 4) is 0 Å². The lowest BCUT2D eigenvalue weighted by Crippen LogP contribution is -2.17. The van der Waals surface area contributed by atoms with Crippen LogP contribution in [0.4, 0.5) is 11.4 Å². The van der Waals surface area contributed by atoms with E-state index in [1.54, 1.807) is 24.3 Å². The number of carbonyl (C=O) groups is 2. The van der Waals surface area contributed by atoms with Crippen molar-refractivity contribution in [1.29, 1.82) is 0 Å². The topological polar surface area (TPSA) is 71.3 Å². The molecule has 0 aliphatic carbocycles. The van der Waals surface area contributed by atoms with Crippen LogP contribution in [0.3, 0.4) is 0 Å². The van der Waals surface area contributed by atoms with Crippen LogP contribution in [0, 0.1) is 13.8 Å². The number of hydrogen-bond donors (Lipinski definition) is 2. The number of amides is 2. The smallest absolute Gasteiger partial charge is 0.293 e. The Hall–Kier alpha value is -2.79. The van der Waals surface area contributed by atoms with E-state index < -0.39 is 11.8 Å². The molecule has 1 aromatic heterocycles. The molecule has 2 amide bonds. The molecule has 0 fully saturated rings. The third kappa shape index (κ3) is 3.51. The van der Waals surface area contributed by atoms with E-state index >= 15 is 0 Å². The third-order valence-electron chi connectivity index (χ3n) is 3.95. The van der Waals surface area contributed by atoms with E-state index in [0.717, 1.165) is 11.1 Å². The van der Waals surface area contributed by atoms with Crippen molar-refractivity contribution in [2.45, 2.75) is 13.8 Å². The molecule has 0 saturated carbocycles. The molecule has 0 radical (unpaired) electrons. The van der Waals surface area contributed by atoms with Gasteiger partial charge in [0, 0.05) is 11.1 Å². The number of carbonyl (C=O) groups excluding carboxylic acids is 2. The summed E-state index contributed by atoms with van der Waals surface area (Å²) in [4.78, 5) is 24.4. The molecular formula is C19H17ClN2O3. The van der Waals surface area contributed by atoms with Gasteiger partial charge in [-0.05, 0) is 49.2 Å². The molecular weight excluding hydrogens is 340 g/mol. The molecule has 2 N–H and O–H groups in total. The number of halogens is 1. The highest BCUT2D eigenvalue weighted by atomic mass is 35.5. The maximum absolute atomic E-state index is 12.7. The molecule has 0 spiro atoms. The quantitative estimate of drug-likeness (QED) is 0.677. The van der Waals surface area contributed by atoms with Gasteiger partial charge in [-0.15, -0.1) is 11.6 Å². The molecule has 6 heteroatoms. The molecule has 0 saturated heterocycles. The molecule has 0 atom stereocenters. The largest absolute Gasteiger partial charge is 0.449 e. The van der Waals surface area contributed by atoms with Crippen LogP contribution in [-0.4, -0.2) is 17.7 Å². The number of aryl methyl sites for hydroxylation is 2. The summed E-state index contributed by atoms with van der Waals surface area (Å²) < 4.78 is 5.66. The Bertz CT molecular complexity index is 962. The zero-order chi connectivity index (χ0) is 18.0. The summed E-state index contributed by atoms with van der Waals surface area (Å²) in [7, 11) is 0. The maximum atomic E-state index is 12.7. The predicted octanol–water partition coefficient (Wildman–Crippen LogP) is 4.48. The predicted molar refractivity (Wildman–Crippen MR) is 99.4 cm³/mol. The van der Waals surface area contributed by atoms with Crippen molar-refractivity contribution in [2.75, 3.05) is 16.5 Å². The molecule has 1 heterocycles. The minimum Gasteiger partial charge on any atom is -0.449 e. The van der Waals surface area contributed by atoms with E-state index in [9.17, 15) is 9.59 Å². The maximum Gasteiger partial charge on any atom is 0.293 e. The van der Waals surface area contributed by atoms with Gasteiger partial charge < -0.3 is 15.1 Å². The number of anilines is 2. The number of fused-ring (bicyclic) bond motifs is 1. The summed E-state index contributed by atoms with van der Waals surface area (Å²) >= 11 is 5.57. The summed E-state index contributed by atoms with van der Waals surface area (Å²) in [5, 5.41) is 6.09. The molecule has 128 valence electrons. The standard InChI is InChI=1S/C19H17ClN2O3/c1-11-7-8-13(9-12(11)2)21-19(24)18-17(22-16(23)10-20)14-5-3-4-6-15(14)25-18/h3-9H,10H2,1-2H3,(H,21,24)(H,22,23). The number of para-hydroxylation sites is 1. The Morgan fingerprint density at radius 2 is 1.80 bits per heavy atom. The highest BCUT2D eigenvalue weighted by Gasteiger charge is 2.22. The molecule has 0 bridgehead atoms. The highest BCUT2D eigenvalue weighted by molar-refractivity contribution is 6.30. The van der Waals surface area contributed by atoms with Gasteiger partial charge >= 0.3 is 0 Å². The van der Waals surface area contributed by atoms with E-state index in [2.05, 4.69) is 10.6 Å². The lowest BCUT2D eigenvalue weighted by atomic mass is 10.1. The van der Waals surface area contributed by atoms with Crippen molar-refractivity contribution < 1.29 is 14.0 Å². The van der Waals surface area contributed by atoms with E-state index in [-0.39, 0.29) is 11.6 Å². The van der Waals surface area contributed by atoms with Gasteiger partial charge in [0.25, 0.3) is 5.91 Å². The number of hydrogen-bond acceptors (Lipinski definition) is 3. The van der Waals surface area contributed by atoms with Crippen LogP contribution in [0.1, 0.15) is 21.7 Å². The Morgan fingerprint density at radius 1 is 1.04 bits per heavy atom. The number of rotatable bonds is 4. The second-order valence-electron chi connectivity index (χ2n) is 5.74. The van der Waals surface area contributed by atoms with Crippen molar-refractivity contribution in [3.63, 3.8) is 0 Å². The monoisotopic (exact) mass is 356 g/mol. The summed E-state index contributed by atoms with van der Waals surface area (Å²) in [5.74, 6) is -1.02. The van der Waals surface area contributed by atoms with E-state index in [0.29, 0.717) is 22.3 Å². The SMILES string of the molecule is Cc1ccc(NC(=O)c2oc3ccccc3c2NC(=O)CCl)cc1C. The fraction of sp³-hybridized carbons (Fsp3) is 0.158. The minimum atomic E-state index is -0.440. The minimum absolute atomic E-state index is 0.0397. The van der Waals surface area contributed by atoms with Crippen molar-refractivity contribution in [1.82, 2.24) is 0 Å². The summed E-state index contributed by atoms with van der Waals surface area (Å²) in [6.07, 6.45) is 0. The highest BCUT2D eigenvalue weighted by Crippen LogP contribution is 2.31. The van der Waals surface area contributed by atoms with Crippen LogP contribution >= 0.6 is 11.6 Å². The zero-order valence-corrected chi connectivity index (χ0v) is 14.6. The zero-order valence-electron chi connectivity index (χ0n) is 13.9. The van der Waals surface area contributed by atoms with Crippen LogP contribution in [0.25, 0.3) is 11.0 Å². The van der Waals surface area contributed by atoms with Gasteiger partial charge in [0.05, 0.1) is 0 Å². The first-order valence-electron chi connectivity index (χ1n) is 7.75. The van der Waals surface area contributed by atoms with Gasteiger partial charge in [-0.25, -0.2) is 0 Å². The third-order valence-corrected chi connectivity index (χ3v) is 4.20.